The molecular weight excluding hydrogens is 144 g/mol. The predicted molar refractivity (Wildman–Crippen MR) is 35.7 cm³/mol. The molecule has 8 heavy (non-hydrogen) atoms. The number of aryl methyl sites for hydroxylation is 1. The van der Waals surface area contributed by atoms with Crippen molar-refractivity contribution < 1.29 is 5.11 Å². The van der Waals surface area contributed by atoms with Gasteiger partial charge in [0, 0.05) is 4.88 Å². The first-order valence-corrected chi connectivity index (χ1v) is 3.34. The lowest BCUT2D eigenvalue weighted by Crippen LogP contribution is -1.48. The van der Waals surface area contributed by atoms with Gasteiger partial charge in [-0.2, -0.15) is 0 Å². The van der Waals surface area contributed by atoms with Gasteiger partial charge in [0.2, 0.25) is 0 Å². The van der Waals surface area contributed by atoms with Gasteiger partial charge in [-0.05, 0) is 13.0 Å². The van der Waals surface area contributed by atoms with Gasteiger partial charge < -0.3 is 5.11 Å². The Morgan fingerprint density at radius 1 is 1.75 bits per heavy atom. The molecule has 1 nitrogen and oxygen atoms in total. The van der Waals surface area contributed by atoms with Gasteiger partial charge in [-0.15, -0.1) is 11.3 Å². The molecule has 0 atom stereocenters. The number of hydrogen-bond acceptors (Lipinski definition) is 2. The Morgan fingerprint density at radius 3 is 2.50 bits per heavy atom. The van der Waals surface area contributed by atoms with E-state index >= 15 is 0 Å². The minimum Gasteiger partial charge on any atom is -0.498 e. The summed E-state index contributed by atoms with van der Waals surface area (Å²) in [4.78, 5) is 1.03. The second-order valence-corrected chi connectivity index (χ2v) is 3.15. The van der Waals surface area contributed by atoms with Crippen LogP contribution < -0.4 is 0 Å². The quantitative estimate of drug-likeness (QED) is 0.599. The molecule has 1 aromatic heterocycles. The summed E-state index contributed by atoms with van der Waals surface area (Å²) in [6.07, 6.45) is 0. The van der Waals surface area contributed by atoms with Gasteiger partial charge in [0.1, 0.15) is 0 Å². The van der Waals surface area contributed by atoms with Crippen molar-refractivity contribution in [1.82, 2.24) is 0 Å². The molecule has 1 heterocycles. The van der Waals surface area contributed by atoms with Crippen LogP contribution >= 0.6 is 22.9 Å². The number of rotatable bonds is 0. The Labute approximate surface area is 56.5 Å². The minimum absolute atomic E-state index is 0.212. The molecule has 0 aliphatic heterocycles. The van der Waals surface area contributed by atoms with E-state index in [2.05, 4.69) is 0 Å². The van der Waals surface area contributed by atoms with Gasteiger partial charge in [-0.3, -0.25) is 0 Å². The summed E-state index contributed by atoms with van der Waals surface area (Å²) in [5.74, 6) is 0. The Morgan fingerprint density at radius 2 is 2.38 bits per heavy atom. The maximum absolute atomic E-state index is 8.83. The summed E-state index contributed by atoms with van der Waals surface area (Å²) in [6.45, 7) is 1.90. The highest BCUT2D eigenvalue weighted by Crippen LogP contribution is 2.32. The van der Waals surface area contributed by atoms with Crippen molar-refractivity contribution >= 4 is 22.9 Å². The van der Waals surface area contributed by atoms with Crippen LogP contribution in [0, 0.1) is 6.92 Å². The van der Waals surface area contributed by atoms with E-state index in [0.717, 1.165) is 4.88 Å². The fraction of sp³-hybridized carbons (Fsp3) is 0.200. The van der Waals surface area contributed by atoms with Crippen molar-refractivity contribution in [3.63, 3.8) is 0 Å². The van der Waals surface area contributed by atoms with Gasteiger partial charge in [-0.1, -0.05) is 11.6 Å². The smallest absolute Gasteiger partial charge is 0.190 e. The second kappa shape index (κ2) is 1.96. The lowest BCUT2D eigenvalue weighted by molar-refractivity contribution is 0.491. The zero-order chi connectivity index (χ0) is 6.15. The zero-order valence-corrected chi connectivity index (χ0v) is 5.88. The molecule has 0 unspecified atom stereocenters. The molecule has 44 valence electrons. The Balaban J connectivity index is 3.14. The minimum atomic E-state index is 0.212. The van der Waals surface area contributed by atoms with E-state index in [4.69, 9.17) is 16.7 Å². The zero-order valence-electron chi connectivity index (χ0n) is 4.31. The molecule has 0 amide bonds. The summed E-state index contributed by atoms with van der Waals surface area (Å²) in [5.41, 5.74) is 0. The molecule has 0 spiro atoms. The molecular formula is C5H5ClOS. The Kier molecular flexibility index (Phi) is 1.45. The molecule has 0 aliphatic carbocycles. The van der Waals surface area contributed by atoms with Crippen LogP contribution in [0.5, 0.6) is 5.06 Å². The van der Waals surface area contributed by atoms with Crippen LogP contribution in [0.1, 0.15) is 4.88 Å². The first kappa shape index (κ1) is 5.92. The highest BCUT2D eigenvalue weighted by molar-refractivity contribution is 7.14. The molecule has 0 aliphatic rings. The molecule has 1 rings (SSSR count). The van der Waals surface area contributed by atoms with Crippen LogP contribution in [0.4, 0.5) is 0 Å². The number of halogens is 1. The van der Waals surface area contributed by atoms with Gasteiger partial charge >= 0.3 is 0 Å². The average molecular weight is 149 g/mol. The molecule has 1 N–H and O–H groups in total. The summed E-state index contributed by atoms with van der Waals surface area (Å²) < 4.78 is 0. The SMILES string of the molecule is Cc1cc(Cl)c(O)s1. The lowest BCUT2D eigenvalue weighted by atomic mass is 10.5. The predicted octanol–water partition coefficient (Wildman–Crippen LogP) is 2.42. The number of aromatic hydroxyl groups is 1. The second-order valence-electron chi connectivity index (χ2n) is 1.51. The molecule has 0 radical (unpaired) electrons. The molecule has 0 saturated carbocycles. The van der Waals surface area contributed by atoms with E-state index in [0.29, 0.717) is 5.02 Å². The van der Waals surface area contributed by atoms with Crippen molar-refractivity contribution in [1.29, 1.82) is 0 Å². The fourth-order valence-corrected chi connectivity index (χ4v) is 1.45. The third-order valence-electron chi connectivity index (χ3n) is 0.792. The van der Waals surface area contributed by atoms with Crippen LogP contribution in [-0.2, 0) is 0 Å². The van der Waals surface area contributed by atoms with Crippen LogP contribution in [0.2, 0.25) is 5.02 Å². The van der Waals surface area contributed by atoms with Crippen LogP contribution in [0.15, 0.2) is 6.07 Å². The maximum Gasteiger partial charge on any atom is 0.190 e. The molecule has 0 saturated heterocycles. The molecule has 0 fully saturated rings. The van der Waals surface area contributed by atoms with Crippen LogP contribution in [-0.4, -0.2) is 5.11 Å². The monoisotopic (exact) mass is 148 g/mol. The van der Waals surface area contributed by atoms with E-state index in [1.54, 1.807) is 6.07 Å². The van der Waals surface area contributed by atoms with E-state index in [9.17, 15) is 0 Å². The van der Waals surface area contributed by atoms with Gasteiger partial charge in [0.25, 0.3) is 0 Å². The van der Waals surface area contributed by atoms with Crippen molar-refractivity contribution in [2.45, 2.75) is 6.92 Å². The molecule has 0 aromatic carbocycles. The van der Waals surface area contributed by atoms with E-state index < -0.39 is 0 Å². The van der Waals surface area contributed by atoms with E-state index in [1.165, 1.54) is 11.3 Å². The summed E-state index contributed by atoms with van der Waals surface area (Å²) in [6, 6.07) is 1.74. The summed E-state index contributed by atoms with van der Waals surface area (Å²) in [5, 5.41) is 9.49. The highest BCUT2D eigenvalue weighted by atomic mass is 35.5. The summed E-state index contributed by atoms with van der Waals surface area (Å²) >= 11 is 6.78. The normalized spacial score (nSPS) is 9.75. The average Bonchev–Trinajstić information content (AvgIpc) is 1.85. The summed E-state index contributed by atoms with van der Waals surface area (Å²) in [7, 11) is 0. The van der Waals surface area contributed by atoms with Crippen molar-refractivity contribution in [3.05, 3.63) is 16.0 Å². The molecule has 0 bridgehead atoms. The van der Waals surface area contributed by atoms with Crippen molar-refractivity contribution in [2.75, 3.05) is 0 Å². The van der Waals surface area contributed by atoms with Gasteiger partial charge in [-0.25, -0.2) is 0 Å². The molecule has 1 aromatic rings. The van der Waals surface area contributed by atoms with Crippen molar-refractivity contribution in [2.24, 2.45) is 0 Å². The fourth-order valence-electron chi connectivity index (χ4n) is 0.471. The topological polar surface area (TPSA) is 20.2 Å². The first-order valence-electron chi connectivity index (χ1n) is 2.15. The third-order valence-corrected chi connectivity index (χ3v) is 2.05. The number of thiophene rings is 1. The van der Waals surface area contributed by atoms with E-state index in [-0.39, 0.29) is 5.06 Å². The van der Waals surface area contributed by atoms with Crippen molar-refractivity contribution in [3.8, 4) is 5.06 Å². The lowest BCUT2D eigenvalue weighted by Gasteiger charge is -1.76. The van der Waals surface area contributed by atoms with Crippen LogP contribution in [0.3, 0.4) is 0 Å². The third kappa shape index (κ3) is 0.956. The Hall–Kier alpha value is -0.210. The van der Waals surface area contributed by atoms with Gasteiger partial charge in [0.15, 0.2) is 5.06 Å². The highest BCUT2D eigenvalue weighted by Gasteiger charge is 1.99. The largest absolute Gasteiger partial charge is 0.498 e. The molecule has 3 heteroatoms. The Bertz CT molecular complexity index is 175. The first-order chi connectivity index (χ1) is 3.70. The standard InChI is InChI=1S/C5H5ClOS/c1-3-2-4(6)5(7)8-3/h2,7H,1H3. The van der Waals surface area contributed by atoms with E-state index in [1.807, 2.05) is 6.92 Å². The van der Waals surface area contributed by atoms with Crippen LogP contribution in [0.25, 0.3) is 0 Å². The number of hydrogen-bond donors (Lipinski definition) is 1. The maximum atomic E-state index is 8.83. The van der Waals surface area contributed by atoms with Gasteiger partial charge in [0.05, 0.1) is 5.02 Å².